The van der Waals surface area contributed by atoms with E-state index in [9.17, 15) is 0 Å². The maximum atomic E-state index is 8.87. The van der Waals surface area contributed by atoms with Crippen molar-refractivity contribution in [1.82, 2.24) is 10.6 Å². The lowest BCUT2D eigenvalue weighted by Gasteiger charge is -2.28. The summed E-state index contributed by atoms with van der Waals surface area (Å²) in [7, 11) is 0. The molecule has 0 aliphatic heterocycles. The highest BCUT2D eigenvalue weighted by molar-refractivity contribution is 5.30. The second-order valence-corrected chi connectivity index (χ2v) is 6.65. The average Bonchev–Trinajstić information content (AvgIpc) is 2.75. The summed E-state index contributed by atoms with van der Waals surface area (Å²) in [5, 5.41) is 21.3. The standard InChI is InChI=1S/C16H20N14/c17-27-23-13-1-5-15(6-2-13,25-29-19)11-21-9-10-22-12-16(26-30-20)7-3-14(4-8-16)24-28-18/h1-5,7,21-22H,6,8-12H2. The summed E-state index contributed by atoms with van der Waals surface area (Å²) in [6.07, 6.45) is 11.0. The van der Waals surface area contributed by atoms with Gasteiger partial charge in [0.2, 0.25) is 0 Å². The van der Waals surface area contributed by atoms with Crippen LogP contribution in [-0.2, 0) is 0 Å². The van der Waals surface area contributed by atoms with Crippen molar-refractivity contribution >= 4 is 0 Å². The van der Waals surface area contributed by atoms with Gasteiger partial charge in [-0.05, 0) is 35.0 Å². The van der Waals surface area contributed by atoms with Gasteiger partial charge >= 0.3 is 0 Å². The van der Waals surface area contributed by atoms with Crippen LogP contribution in [0.25, 0.3) is 41.8 Å². The Labute approximate surface area is 171 Å². The van der Waals surface area contributed by atoms with Gasteiger partial charge in [-0.1, -0.05) is 56.9 Å². The van der Waals surface area contributed by atoms with E-state index in [1.54, 1.807) is 36.5 Å². The molecule has 2 aliphatic carbocycles. The van der Waals surface area contributed by atoms with Crippen LogP contribution in [-0.4, -0.2) is 37.3 Å². The fourth-order valence-corrected chi connectivity index (χ4v) is 3.01. The lowest BCUT2D eigenvalue weighted by molar-refractivity contribution is 0.446. The van der Waals surface area contributed by atoms with E-state index < -0.39 is 11.1 Å². The van der Waals surface area contributed by atoms with E-state index in [4.69, 9.17) is 22.1 Å². The van der Waals surface area contributed by atoms with Gasteiger partial charge in [0.1, 0.15) is 0 Å². The van der Waals surface area contributed by atoms with Gasteiger partial charge in [-0.25, -0.2) is 0 Å². The minimum atomic E-state index is -0.760. The Morgan fingerprint density at radius 1 is 0.733 bits per heavy atom. The number of nitrogens with one attached hydrogen (secondary N) is 2. The molecule has 0 radical (unpaired) electrons. The topological polar surface area (TPSA) is 219 Å². The molecule has 14 nitrogen and oxygen atoms in total. The highest BCUT2D eigenvalue weighted by Gasteiger charge is 2.28. The van der Waals surface area contributed by atoms with E-state index in [2.05, 4.69) is 50.7 Å². The smallest absolute Gasteiger partial charge is 0.0829 e. The van der Waals surface area contributed by atoms with Gasteiger partial charge in [-0.2, -0.15) is 0 Å². The predicted molar refractivity (Wildman–Crippen MR) is 111 cm³/mol. The highest BCUT2D eigenvalue weighted by atomic mass is 15.2. The molecule has 0 saturated carbocycles. The molecular formula is C16H20N14. The van der Waals surface area contributed by atoms with Gasteiger partial charge in [0.05, 0.1) is 11.1 Å². The fraction of sp³-hybridized carbons (Fsp3) is 0.500. The van der Waals surface area contributed by atoms with Gasteiger partial charge in [0, 0.05) is 57.2 Å². The van der Waals surface area contributed by atoms with Gasteiger partial charge < -0.3 is 10.6 Å². The van der Waals surface area contributed by atoms with E-state index in [0.717, 1.165) is 0 Å². The van der Waals surface area contributed by atoms with E-state index in [-0.39, 0.29) is 0 Å². The SMILES string of the molecule is [N-]=[N+]=NC1=CCC(CNCCNCC2(N=[N+]=[N-])C=CC(N=[N+]=[N-])=CC2)(N=[N+]=[N-])C=C1. The Morgan fingerprint density at radius 2 is 1.17 bits per heavy atom. The minimum Gasteiger partial charge on any atom is -0.314 e. The van der Waals surface area contributed by atoms with E-state index in [1.807, 2.05) is 0 Å². The molecule has 0 fully saturated rings. The van der Waals surface area contributed by atoms with Crippen LogP contribution in [0, 0.1) is 0 Å². The first-order valence-electron chi connectivity index (χ1n) is 9.04. The summed E-state index contributed by atoms with van der Waals surface area (Å²) in [5.41, 5.74) is 34.2. The molecule has 2 aliphatic rings. The van der Waals surface area contributed by atoms with Crippen LogP contribution in [0.3, 0.4) is 0 Å². The molecule has 0 heterocycles. The maximum Gasteiger partial charge on any atom is 0.0829 e. The molecular weight excluding hydrogens is 388 g/mol. The zero-order chi connectivity index (χ0) is 21.7. The molecule has 30 heavy (non-hydrogen) atoms. The third kappa shape index (κ3) is 6.33. The van der Waals surface area contributed by atoms with Crippen molar-refractivity contribution in [1.29, 1.82) is 0 Å². The quantitative estimate of drug-likeness (QED) is 0.217. The summed E-state index contributed by atoms with van der Waals surface area (Å²) in [6.45, 7) is 1.99. The van der Waals surface area contributed by atoms with Crippen LogP contribution in [0.4, 0.5) is 0 Å². The van der Waals surface area contributed by atoms with Gasteiger partial charge in [-0.15, -0.1) is 0 Å². The van der Waals surface area contributed by atoms with Crippen molar-refractivity contribution in [3.8, 4) is 0 Å². The van der Waals surface area contributed by atoms with Crippen LogP contribution < -0.4 is 10.6 Å². The van der Waals surface area contributed by atoms with Gasteiger partial charge in [0.15, 0.2) is 0 Å². The Kier molecular flexibility index (Phi) is 8.37. The molecule has 0 aromatic heterocycles. The van der Waals surface area contributed by atoms with Crippen molar-refractivity contribution in [3.05, 3.63) is 89.6 Å². The van der Waals surface area contributed by atoms with E-state index in [1.165, 1.54) is 0 Å². The molecule has 0 bridgehead atoms. The number of nitrogens with zero attached hydrogens (tertiary/aromatic N) is 12. The first-order chi connectivity index (χ1) is 14.6. The Morgan fingerprint density at radius 3 is 1.47 bits per heavy atom. The van der Waals surface area contributed by atoms with Crippen LogP contribution in [0.1, 0.15) is 12.8 Å². The van der Waals surface area contributed by atoms with Crippen molar-refractivity contribution in [2.75, 3.05) is 26.2 Å². The molecule has 2 unspecified atom stereocenters. The molecule has 0 saturated heterocycles. The van der Waals surface area contributed by atoms with E-state index in [0.29, 0.717) is 50.4 Å². The highest BCUT2D eigenvalue weighted by Crippen LogP contribution is 2.26. The molecule has 14 heteroatoms. The Balaban J connectivity index is 1.81. The lowest BCUT2D eigenvalue weighted by atomic mass is 9.91. The second-order valence-electron chi connectivity index (χ2n) is 6.65. The van der Waals surface area contributed by atoms with Crippen molar-refractivity contribution < 1.29 is 0 Å². The zero-order valence-corrected chi connectivity index (χ0v) is 16.1. The molecule has 154 valence electrons. The van der Waals surface area contributed by atoms with Crippen molar-refractivity contribution in [3.63, 3.8) is 0 Å². The normalized spacial score (nSPS) is 24.3. The molecule has 2 atom stereocenters. The van der Waals surface area contributed by atoms with Gasteiger partial charge in [0.25, 0.3) is 0 Å². The molecule has 2 rings (SSSR count). The summed E-state index contributed by atoms with van der Waals surface area (Å²) in [4.78, 5) is 11.3. The van der Waals surface area contributed by atoms with E-state index >= 15 is 0 Å². The lowest BCUT2D eigenvalue weighted by Crippen LogP contribution is -2.43. The second kappa shape index (κ2) is 11.2. The Hall–Kier alpha value is -3.88. The average molecular weight is 408 g/mol. The predicted octanol–water partition coefficient (Wildman–Crippen LogP) is 4.57. The monoisotopic (exact) mass is 408 g/mol. The first-order valence-corrected chi connectivity index (χ1v) is 9.04. The summed E-state index contributed by atoms with van der Waals surface area (Å²) in [6, 6.07) is 0. The molecule has 0 spiro atoms. The number of rotatable bonds is 11. The van der Waals surface area contributed by atoms with Crippen LogP contribution in [0.2, 0.25) is 0 Å². The summed E-state index contributed by atoms with van der Waals surface area (Å²) in [5.74, 6) is 0. The summed E-state index contributed by atoms with van der Waals surface area (Å²) >= 11 is 0. The van der Waals surface area contributed by atoms with Crippen LogP contribution in [0.15, 0.2) is 68.3 Å². The molecule has 0 aromatic rings. The first kappa shape index (κ1) is 22.4. The summed E-state index contributed by atoms with van der Waals surface area (Å²) < 4.78 is 0. The van der Waals surface area contributed by atoms with Crippen LogP contribution >= 0.6 is 0 Å². The van der Waals surface area contributed by atoms with Crippen molar-refractivity contribution in [2.45, 2.75) is 23.9 Å². The third-order valence-electron chi connectivity index (χ3n) is 4.61. The largest absolute Gasteiger partial charge is 0.314 e. The molecule has 2 N–H and O–H groups in total. The number of hydrogen-bond donors (Lipinski definition) is 2. The zero-order valence-electron chi connectivity index (χ0n) is 16.1. The third-order valence-corrected chi connectivity index (χ3v) is 4.61. The molecule has 0 aromatic carbocycles. The minimum absolute atomic E-state index is 0.412. The molecule has 0 amide bonds. The number of allylic oxidation sites excluding steroid dienone is 2. The maximum absolute atomic E-state index is 8.87. The Bertz CT molecular complexity index is 872. The van der Waals surface area contributed by atoms with Crippen molar-refractivity contribution in [2.24, 2.45) is 20.5 Å². The fourth-order valence-electron chi connectivity index (χ4n) is 3.01. The number of azide groups is 4. The van der Waals surface area contributed by atoms with Crippen LogP contribution in [0.5, 0.6) is 0 Å². The van der Waals surface area contributed by atoms with Gasteiger partial charge in [-0.3, -0.25) is 0 Å². The number of hydrogen-bond acceptors (Lipinski definition) is 6.